The van der Waals surface area contributed by atoms with E-state index in [1.54, 1.807) is 17.6 Å². The lowest BCUT2D eigenvalue weighted by molar-refractivity contribution is 1.29. The zero-order chi connectivity index (χ0) is 17.1. The van der Waals surface area contributed by atoms with Crippen molar-refractivity contribution in [2.45, 2.75) is 6.92 Å². The number of hydrogen-bond donors (Lipinski definition) is 1. The molecule has 0 unspecified atom stereocenters. The molecule has 3 aromatic carbocycles. The third kappa shape index (κ3) is 3.44. The number of thiazole rings is 1. The van der Waals surface area contributed by atoms with Gasteiger partial charge in [-0.1, -0.05) is 72.3 Å². The molecule has 4 aromatic rings. The Kier molecular flexibility index (Phi) is 4.27. The minimum Gasteiger partial charge on any atom is -0.253 e. The average molecular weight is 343 g/mol. The van der Waals surface area contributed by atoms with Gasteiger partial charge in [-0.2, -0.15) is 5.10 Å². The average Bonchev–Trinajstić information content (AvgIpc) is 3.12. The number of fused-ring (bicyclic) bond motifs is 1. The first-order valence-electron chi connectivity index (χ1n) is 8.09. The van der Waals surface area contributed by atoms with Gasteiger partial charge in [-0.05, 0) is 23.3 Å². The van der Waals surface area contributed by atoms with Gasteiger partial charge in [0.25, 0.3) is 0 Å². The molecule has 25 heavy (non-hydrogen) atoms. The molecule has 3 nitrogen and oxygen atoms in total. The topological polar surface area (TPSA) is 37.3 Å². The van der Waals surface area contributed by atoms with Gasteiger partial charge in [0.1, 0.15) is 0 Å². The van der Waals surface area contributed by atoms with E-state index in [0.717, 1.165) is 22.0 Å². The van der Waals surface area contributed by atoms with E-state index in [1.165, 1.54) is 16.3 Å². The van der Waals surface area contributed by atoms with Gasteiger partial charge in [-0.3, -0.25) is 5.43 Å². The van der Waals surface area contributed by atoms with Crippen molar-refractivity contribution in [3.8, 4) is 11.3 Å². The molecule has 0 saturated heterocycles. The number of nitrogens with zero attached hydrogens (tertiary/aromatic N) is 2. The number of hydrazone groups is 1. The van der Waals surface area contributed by atoms with Crippen LogP contribution in [0.1, 0.15) is 11.1 Å². The van der Waals surface area contributed by atoms with Crippen molar-refractivity contribution in [1.29, 1.82) is 0 Å². The summed E-state index contributed by atoms with van der Waals surface area (Å²) < 4.78 is 0. The molecule has 0 amide bonds. The maximum Gasteiger partial charge on any atom is 0.203 e. The van der Waals surface area contributed by atoms with Gasteiger partial charge in [0.15, 0.2) is 0 Å². The lowest BCUT2D eigenvalue weighted by Crippen LogP contribution is -1.90. The summed E-state index contributed by atoms with van der Waals surface area (Å²) >= 11 is 1.55. The van der Waals surface area contributed by atoms with Gasteiger partial charge in [0, 0.05) is 10.9 Å². The fourth-order valence-corrected chi connectivity index (χ4v) is 3.37. The highest BCUT2D eigenvalue weighted by molar-refractivity contribution is 7.14. The zero-order valence-corrected chi connectivity index (χ0v) is 14.6. The molecule has 4 heteroatoms. The predicted molar refractivity (Wildman–Crippen MR) is 107 cm³/mol. The summed E-state index contributed by atoms with van der Waals surface area (Å²) in [5.41, 5.74) is 7.43. The van der Waals surface area contributed by atoms with Gasteiger partial charge in [0.2, 0.25) is 5.13 Å². The van der Waals surface area contributed by atoms with Crippen LogP contribution in [-0.4, -0.2) is 11.2 Å². The van der Waals surface area contributed by atoms with Crippen molar-refractivity contribution in [3.63, 3.8) is 0 Å². The second kappa shape index (κ2) is 6.87. The molecule has 122 valence electrons. The van der Waals surface area contributed by atoms with Crippen LogP contribution in [0.5, 0.6) is 0 Å². The molecule has 0 spiro atoms. The Hall–Kier alpha value is -2.98. The van der Waals surface area contributed by atoms with Crippen molar-refractivity contribution in [3.05, 3.63) is 83.2 Å². The number of benzene rings is 3. The smallest absolute Gasteiger partial charge is 0.203 e. The molecule has 0 bridgehead atoms. The summed E-state index contributed by atoms with van der Waals surface area (Å²) in [4.78, 5) is 4.67. The fourth-order valence-electron chi connectivity index (χ4n) is 2.71. The Morgan fingerprint density at radius 1 is 0.960 bits per heavy atom. The summed E-state index contributed by atoms with van der Waals surface area (Å²) in [5, 5.41) is 9.56. The Balaban J connectivity index is 1.55. The molecule has 0 fully saturated rings. The van der Waals surface area contributed by atoms with E-state index < -0.39 is 0 Å². The third-order valence-electron chi connectivity index (χ3n) is 4.02. The number of nitrogens with one attached hydrogen (secondary N) is 1. The Bertz CT molecular complexity index is 1030. The molecule has 0 aliphatic rings. The number of hydrogen-bond acceptors (Lipinski definition) is 4. The number of rotatable bonds is 4. The minimum absolute atomic E-state index is 0.784. The fraction of sp³-hybridized carbons (Fsp3) is 0.0476. The Labute approximate surface area is 150 Å². The maximum atomic E-state index is 4.67. The van der Waals surface area contributed by atoms with Gasteiger partial charge in [-0.25, -0.2) is 4.98 Å². The highest BCUT2D eigenvalue weighted by atomic mass is 32.1. The molecular weight excluding hydrogens is 326 g/mol. The molecule has 4 rings (SSSR count). The lowest BCUT2D eigenvalue weighted by Gasteiger charge is -2.03. The SMILES string of the molecule is Cc1ccc(/C=N/Nc2nc(-c3cccc4ccccc34)cs2)cc1. The van der Waals surface area contributed by atoms with Crippen molar-refractivity contribution in [1.82, 2.24) is 4.98 Å². The number of aromatic nitrogens is 1. The van der Waals surface area contributed by atoms with Crippen molar-refractivity contribution >= 4 is 33.5 Å². The molecule has 0 saturated carbocycles. The number of anilines is 1. The van der Waals surface area contributed by atoms with E-state index in [1.807, 2.05) is 12.1 Å². The van der Waals surface area contributed by atoms with E-state index in [2.05, 4.69) is 82.4 Å². The summed E-state index contributed by atoms with van der Waals surface area (Å²) in [6, 6.07) is 22.9. The van der Waals surface area contributed by atoms with Gasteiger partial charge in [0.05, 0.1) is 11.9 Å². The van der Waals surface area contributed by atoms with Gasteiger partial charge in [-0.15, -0.1) is 11.3 Å². The summed E-state index contributed by atoms with van der Waals surface area (Å²) in [6.07, 6.45) is 1.80. The number of aryl methyl sites for hydroxylation is 1. The lowest BCUT2D eigenvalue weighted by atomic mass is 10.0. The van der Waals surface area contributed by atoms with Crippen LogP contribution < -0.4 is 5.43 Å². The van der Waals surface area contributed by atoms with E-state index >= 15 is 0 Å². The van der Waals surface area contributed by atoms with E-state index in [9.17, 15) is 0 Å². The van der Waals surface area contributed by atoms with Crippen LogP contribution in [0.3, 0.4) is 0 Å². The molecule has 1 heterocycles. The minimum atomic E-state index is 0.784. The summed E-state index contributed by atoms with van der Waals surface area (Å²) in [7, 11) is 0. The molecule has 0 aliphatic carbocycles. The van der Waals surface area contributed by atoms with E-state index in [4.69, 9.17) is 0 Å². The normalized spacial score (nSPS) is 11.2. The van der Waals surface area contributed by atoms with Crippen LogP contribution in [0.2, 0.25) is 0 Å². The summed E-state index contributed by atoms with van der Waals surface area (Å²) in [6.45, 7) is 2.07. The van der Waals surface area contributed by atoms with Crippen molar-refractivity contribution in [2.75, 3.05) is 5.43 Å². The zero-order valence-electron chi connectivity index (χ0n) is 13.8. The predicted octanol–water partition coefficient (Wildman–Crippen LogP) is 5.72. The van der Waals surface area contributed by atoms with Crippen molar-refractivity contribution < 1.29 is 0 Å². The first-order valence-corrected chi connectivity index (χ1v) is 8.97. The van der Waals surface area contributed by atoms with Crippen LogP contribution >= 0.6 is 11.3 Å². The second-order valence-corrected chi connectivity index (χ2v) is 6.70. The molecule has 0 aliphatic heterocycles. The van der Waals surface area contributed by atoms with Crippen molar-refractivity contribution in [2.24, 2.45) is 5.10 Å². The van der Waals surface area contributed by atoms with Crippen LogP contribution in [0.15, 0.2) is 77.2 Å². The maximum absolute atomic E-state index is 4.67. The molecular formula is C21H17N3S. The van der Waals surface area contributed by atoms with Crippen LogP contribution in [0.4, 0.5) is 5.13 Å². The Morgan fingerprint density at radius 2 is 1.76 bits per heavy atom. The van der Waals surface area contributed by atoms with Gasteiger partial charge < -0.3 is 0 Å². The molecule has 1 N–H and O–H groups in total. The highest BCUT2D eigenvalue weighted by Crippen LogP contribution is 2.30. The quantitative estimate of drug-likeness (QED) is 0.380. The molecule has 0 radical (unpaired) electrons. The first-order chi connectivity index (χ1) is 12.3. The van der Waals surface area contributed by atoms with E-state index in [0.29, 0.717) is 0 Å². The monoisotopic (exact) mass is 343 g/mol. The Morgan fingerprint density at radius 3 is 2.64 bits per heavy atom. The highest BCUT2D eigenvalue weighted by Gasteiger charge is 2.07. The third-order valence-corrected chi connectivity index (χ3v) is 4.77. The summed E-state index contributed by atoms with van der Waals surface area (Å²) in [5.74, 6) is 0. The van der Waals surface area contributed by atoms with Crippen LogP contribution in [0.25, 0.3) is 22.0 Å². The largest absolute Gasteiger partial charge is 0.253 e. The first kappa shape index (κ1) is 15.5. The van der Waals surface area contributed by atoms with Crippen LogP contribution in [-0.2, 0) is 0 Å². The standard InChI is InChI=1S/C21H17N3S/c1-15-9-11-16(12-10-15)13-22-24-21-23-20(14-25-21)19-8-4-6-17-5-2-3-7-18(17)19/h2-14H,1H3,(H,23,24)/b22-13+. The van der Waals surface area contributed by atoms with E-state index in [-0.39, 0.29) is 0 Å². The van der Waals surface area contributed by atoms with Gasteiger partial charge >= 0.3 is 0 Å². The second-order valence-electron chi connectivity index (χ2n) is 5.85. The van der Waals surface area contributed by atoms with Crippen LogP contribution in [0, 0.1) is 6.92 Å². The molecule has 0 atom stereocenters. The molecule has 1 aromatic heterocycles.